The maximum absolute atomic E-state index is 6.40. The Labute approximate surface area is 118 Å². The number of pyridine rings is 1. The zero-order valence-corrected chi connectivity index (χ0v) is 11.7. The van der Waals surface area contributed by atoms with Crippen molar-refractivity contribution in [3.05, 3.63) is 59.5 Å². The van der Waals surface area contributed by atoms with Crippen LogP contribution in [0.15, 0.2) is 42.6 Å². The van der Waals surface area contributed by atoms with Gasteiger partial charge in [-0.3, -0.25) is 9.67 Å². The largest absolute Gasteiger partial charge is 0.319 e. The van der Waals surface area contributed by atoms with Crippen molar-refractivity contribution in [2.75, 3.05) is 0 Å². The van der Waals surface area contributed by atoms with E-state index in [2.05, 4.69) is 29.1 Å². The number of nitrogens with two attached hydrogens (primary N) is 1. The van der Waals surface area contributed by atoms with Gasteiger partial charge < -0.3 is 5.73 Å². The Kier molecular flexibility index (Phi) is 3.24. The van der Waals surface area contributed by atoms with E-state index in [4.69, 9.17) is 5.73 Å². The van der Waals surface area contributed by atoms with Crippen LogP contribution in [-0.2, 0) is 6.54 Å². The molecule has 4 nitrogen and oxygen atoms in total. The topological polar surface area (TPSA) is 56.7 Å². The Morgan fingerprint density at radius 2 is 2.05 bits per heavy atom. The molecule has 0 saturated carbocycles. The van der Waals surface area contributed by atoms with Gasteiger partial charge >= 0.3 is 0 Å². The number of benzene rings is 1. The molecule has 0 amide bonds. The molecule has 1 aromatic carbocycles. The van der Waals surface area contributed by atoms with Crippen LogP contribution in [0.1, 0.15) is 29.9 Å². The fourth-order valence-electron chi connectivity index (χ4n) is 2.50. The molecule has 0 fully saturated rings. The highest BCUT2D eigenvalue weighted by molar-refractivity contribution is 5.78. The molecule has 20 heavy (non-hydrogen) atoms. The average Bonchev–Trinajstić information content (AvgIpc) is 2.87. The summed E-state index contributed by atoms with van der Waals surface area (Å²) < 4.78 is 1.95. The van der Waals surface area contributed by atoms with Gasteiger partial charge in [0.05, 0.1) is 22.9 Å². The first-order valence-electron chi connectivity index (χ1n) is 6.83. The molecule has 0 aliphatic rings. The molecule has 2 N–H and O–H groups in total. The van der Waals surface area contributed by atoms with Crippen molar-refractivity contribution in [1.82, 2.24) is 14.8 Å². The van der Waals surface area contributed by atoms with E-state index in [9.17, 15) is 0 Å². The van der Waals surface area contributed by atoms with Crippen molar-refractivity contribution in [3.63, 3.8) is 0 Å². The molecular weight excluding hydrogens is 248 g/mol. The summed E-state index contributed by atoms with van der Waals surface area (Å²) >= 11 is 0. The lowest BCUT2D eigenvalue weighted by Crippen LogP contribution is -2.17. The first kappa shape index (κ1) is 12.8. The Morgan fingerprint density at radius 3 is 2.85 bits per heavy atom. The van der Waals surface area contributed by atoms with Crippen LogP contribution in [0.5, 0.6) is 0 Å². The second kappa shape index (κ2) is 5.06. The van der Waals surface area contributed by atoms with Crippen LogP contribution >= 0.6 is 0 Å². The van der Waals surface area contributed by atoms with E-state index in [-0.39, 0.29) is 6.04 Å². The highest BCUT2D eigenvalue weighted by Gasteiger charge is 2.15. The van der Waals surface area contributed by atoms with Crippen molar-refractivity contribution in [3.8, 4) is 0 Å². The summed E-state index contributed by atoms with van der Waals surface area (Å²) in [5.41, 5.74) is 10.4. The number of para-hydroxylation sites is 1. The zero-order chi connectivity index (χ0) is 14.1. The maximum Gasteiger partial charge on any atom is 0.0738 e. The van der Waals surface area contributed by atoms with E-state index >= 15 is 0 Å². The monoisotopic (exact) mass is 266 g/mol. The lowest BCUT2D eigenvalue weighted by atomic mass is 10.0. The number of rotatable bonds is 3. The highest BCUT2D eigenvalue weighted by atomic mass is 15.3. The summed E-state index contributed by atoms with van der Waals surface area (Å²) in [5.74, 6) is 0. The predicted octanol–water partition coefficient (Wildman–Crippen LogP) is 2.81. The second-order valence-electron chi connectivity index (χ2n) is 4.97. The first-order valence-corrected chi connectivity index (χ1v) is 6.83. The zero-order valence-electron chi connectivity index (χ0n) is 11.7. The van der Waals surface area contributed by atoms with Gasteiger partial charge in [-0.2, -0.15) is 5.10 Å². The summed E-state index contributed by atoms with van der Waals surface area (Å²) in [6.07, 6.45) is 1.86. The number of hydrogen-bond acceptors (Lipinski definition) is 3. The standard InChI is InChI=1S/C16H18N4/c1-3-20-15(8-11(2)19-20)16(17)13-9-12-6-4-5-7-14(12)18-10-13/h4-10,16H,3,17H2,1-2H3. The van der Waals surface area contributed by atoms with Crippen LogP contribution in [0.4, 0.5) is 0 Å². The second-order valence-corrected chi connectivity index (χ2v) is 4.97. The van der Waals surface area contributed by atoms with Gasteiger partial charge in [0.1, 0.15) is 0 Å². The third kappa shape index (κ3) is 2.18. The minimum absolute atomic E-state index is 0.201. The predicted molar refractivity (Wildman–Crippen MR) is 80.4 cm³/mol. The van der Waals surface area contributed by atoms with E-state index in [1.54, 1.807) is 0 Å². The average molecular weight is 266 g/mol. The maximum atomic E-state index is 6.40. The van der Waals surface area contributed by atoms with Crippen LogP contribution < -0.4 is 5.73 Å². The minimum Gasteiger partial charge on any atom is -0.319 e. The molecule has 1 unspecified atom stereocenters. The van der Waals surface area contributed by atoms with Gasteiger partial charge in [0, 0.05) is 18.1 Å². The fourth-order valence-corrected chi connectivity index (χ4v) is 2.50. The van der Waals surface area contributed by atoms with E-state index in [1.165, 1.54) is 0 Å². The van der Waals surface area contributed by atoms with E-state index in [0.717, 1.165) is 34.4 Å². The van der Waals surface area contributed by atoms with Crippen molar-refractivity contribution in [1.29, 1.82) is 0 Å². The molecule has 3 rings (SSSR count). The SMILES string of the molecule is CCn1nc(C)cc1C(N)c1cnc2ccccc2c1. The molecule has 102 valence electrons. The highest BCUT2D eigenvalue weighted by Crippen LogP contribution is 2.23. The van der Waals surface area contributed by atoms with Gasteiger partial charge in [0.25, 0.3) is 0 Å². The minimum atomic E-state index is -0.201. The van der Waals surface area contributed by atoms with Gasteiger partial charge in [0.2, 0.25) is 0 Å². The van der Waals surface area contributed by atoms with Crippen molar-refractivity contribution in [2.45, 2.75) is 26.4 Å². The number of fused-ring (bicyclic) bond motifs is 1. The van der Waals surface area contributed by atoms with Gasteiger partial charge in [-0.1, -0.05) is 18.2 Å². The molecule has 1 atom stereocenters. The molecule has 0 aliphatic carbocycles. The summed E-state index contributed by atoms with van der Waals surface area (Å²) in [6, 6.07) is 12.0. The van der Waals surface area contributed by atoms with Crippen molar-refractivity contribution >= 4 is 10.9 Å². The Bertz CT molecular complexity index is 745. The molecule has 0 aliphatic heterocycles. The van der Waals surface area contributed by atoms with E-state index in [0.29, 0.717) is 0 Å². The number of aromatic nitrogens is 3. The Morgan fingerprint density at radius 1 is 1.25 bits per heavy atom. The summed E-state index contributed by atoms with van der Waals surface area (Å²) in [7, 11) is 0. The van der Waals surface area contributed by atoms with E-state index in [1.807, 2.05) is 42.1 Å². The van der Waals surface area contributed by atoms with Crippen molar-refractivity contribution < 1.29 is 0 Å². The first-order chi connectivity index (χ1) is 9.69. The molecule has 0 saturated heterocycles. The molecule has 2 heterocycles. The number of nitrogens with zero attached hydrogens (tertiary/aromatic N) is 3. The lowest BCUT2D eigenvalue weighted by molar-refractivity contribution is 0.597. The Hall–Kier alpha value is -2.20. The fraction of sp³-hybridized carbons (Fsp3) is 0.250. The van der Waals surface area contributed by atoms with Crippen LogP contribution in [0.3, 0.4) is 0 Å². The number of aryl methyl sites for hydroxylation is 2. The third-order valence-electron chi connectivity index (χ3n) is 3.52. The molecular formula is C16H18N4. The van der Waals surface area contributed by atoms with Gasteiger partial charge in [-0.15, -0.1) is 0 Å². The lowest BCUT2D eigenvalue weighted by Gasteiger charge is -2.14. The Balaban J connectivity index is 2.05. The van der Waals surface area contributed by atoms with Crippen molar-refractivity contribution in [2.24, 2.45) is 5.73 Å². The molecule has 2 aromatic heterocycles. The molecule has 0 spiro atoms. The summed E-state index contributed by atoms with van der Waals surface area (Å²) in [4.78, 5) is 4.48. The number of hydrogen-bond donors (Lipinski definition) is 1. The smallest absolute Gasteiger partial charge is 0.0738 e. The van der Waals surface area contributed by atoms with Crippen LogP contribution in [0.2, 0.25) is 0 Å². The van der Waals surface area contributed by atoms with Crippen LogP contribution in [-0.4, -0.2) is 14.8 Å². The van der Waals surface area contributed by atoms with E-state index < -0.39 is 0 Å². The van der Waals surface area contributed by atoms with Crippen LogP contribution in [0, 0.1) is 6.92 Å². The van der Waals surface area contributed by atoms with Gasteiger partial charge in [-0.25, -0.2) is 0 Å². The molecule has 4 heteroatoms. The van der Waals surface area contributed by atoms with Gasteiger partial charge in [-0.05, 0) is 37.6 Å². The summed E-state index contributed by atoms with van der Waals surface area (Å²) in [6.45, 7) is 4.88. The van der Waals surface area contributed by atoms with Gasteiger partial charge in [0.15, 0.2) is 0 Å². The molecule has 0 radical (unpaired) electrons. The normalized spacial score (nSPS) is 12.8. The van der Waals surface area contributed by atoms with Crippen LogP contribution in [0.25, 0.3) is 10.9 Å². The summed E-state index contributed by atoms with van der Waals surface area (Å²) in [5, 5.41) is 5.57. The molecule has 3 aromatic rings. The quantitative estimate of drug-likeness (QED) is 0.793. The third-order valence-corrected chi connectivity index (χ3v) is 3.52. The molecule has 0 bridgehead atoms.